The summed E-state index contributed by atoms with van der Waals surface area (Å²) < 4.78 is 10.8. The molecule has 0 spiro atoms. The molecule has 1 heterocycles. The molecule has 3 atom stereocenters. The smallest absolute Gasteiger partial charge is 0.234 e. The second-order valence-electron chi connectivity index (χ2n) is 6.90. The lowest BCUT2D eigenvalue weighted by molar-refractivity contribution is -0.126. The number of methoxy groups -OCH3 is 1. The molecule has 1 aliphatic heterocycles. The van der Waals surface area contributed by atoms with Crippen LogP contribution in [-0.4, -0.2) is 61.5 Å². The Balaban J connectivity index is 1.53. The predicted molar refractivity (Wildman–Crippen MR) is 94.4 cm³/mol. The third-order valence-corrected chi connectivity index (χ3v) is 5.28. The van der Waals surface area contributed by atoms with Crippen molar-refractivity contribution in [1.29, 1.82) is 0 Å². The number of hydrogen-bond donors (Lipinski definition) is 2. The number of nitrogens with zero attached hydrogens (tertiary/aromatic N) is 1. The van der Waals surface area contributed by atoms with Crippen LogP contribution in [-0.2, 0) is 16.1 Å². The molecule has 0 bridgehead atoms. The molecule has 25 heavy (non-hydrogen) atoms. The van der Waals surface area contributed by atoms with Crippen LogP contribution in [0.2, 0.25) is 0 Å². The highest BCUT2D eigenvalue weighted by molar-refractivity contribution is 5.78. The fraction of sp³-hybridized carbons (Fsp3) is 0.632. The number of benzene rings is 1. The predicted octanol–water partition coefficient (Wildman–Crippen LogP) is 1.17. The van der Waals surface area contributed by atoms with Gasteiger partial charge in [-0.2, -0.15) is 0 Å². The van der Waals surface area contributed by atoms with E-state index < -0.39 is 0 Å². The normalized spacial score (nSPS) is 27.2. The maximum Gasteiger partial charge on any atom is 0.234 e. The number of ether oxygens (including phenoxy) is 2. The molecule has 1 saturated carbocycles. The van der Waals surface area contributed by atoms with E-state index in [1.54, 1.807) is 7.11 Å². The van der Waals surface area contributed by atoms with Crippen molar-refractivity contribution in [3.05, 3.63) is 29.8 Å². The molecule has 1 aromatic rings. The number of amides is 1. The number of carbonyl (C=O) groups excluding carboxylic acids is 1. The largest absolute Gasteiger partial charge is 0.497 e. The Morgan fingerprint density at radius 2 is 2.32 bits per heavy atom. The van der Waals surface area contributed by atoms with E-state index >= 15 is 0 Å². The quantitative estimate of drug-likeness (QED) is 0.808. The molecule has 2 fully saturated rings. The summed E-state index contributed by atoms with van der Waals surface area (Å²) in [4.78, 5) is 14.6. The van der Waals surface area contributed by atoms with Crippen molar-refractivity contribution in [2.45, 2.75) is 38.0 Å². The maximum absolute atomic E-state index is 12.4. The third kappa shape index (κ3) is 4.71. The van der Waals surface area contributed by atoms with E-state index in [0.29, 0.717) is 26.3 Å². The van der Waals surface area contributed by atoms with E-state index in [0.717, 1.165) is 37.1 Å². The number of aliphatic hydroxyl groups is 1. The first-order chi connectivity index (χ1) is 12.2. The maximum atomic E-state index is 12.4. The second kappa shape index (κ2) is 8.65. The minimum absolute atomic E-state index is 0.00204. The summed E-state index contributed by atoms with van der Waals surface area (Å²) >= 11 is 0. The molecule has 6 heteroatoms. The van der Waals surface area contributed by atoms with E-state index in [2.05, 4.69) is 10.2 Å². The van der Waals surface area contributed by atoms with Gasteiger partial charge in [-0.3, -0.25) is 9.69 Å². The zero-order chi connectivity index (χ0) is 17.6. The van der Waals surface area contributed by atoms with Gasteiger partial charge in [0.15, 0.2) is 0 Å². The van der Waals surface area contributed by atoms with Crippen molar-refractivity contribution in [1.82, 2.24) is 10.2 Å². The van der Waals surface area contributed by atoms with Crippen LogP contribution in [0.1, 0.15) is 24.8 Å². The summed E-state index contributed by atoms with van der Waals surface area (Å²) in [6.07, 6.45) is 2.65. The number of nitrogens with one attached hydrogen (secondary N) is 1. The molecule has 1 aromatic carbocycles. The van der Waals surface area contributed by atoms with Gasteiger partial charge in [-0.25, -0.2) is 0 Å². The Morgan fingerprint density at radius 3 is 3.08 bits per heavy atom. The molecule has 2 N–H and O–H groups in total. The first-order valence-electron chi connectivity index (χ1n) is 9.07. The Labute approximate surface area is 149 Å². The van der Waals surface area contributed by atoms with Crippen molar-refractivity contribution in [2.24, 2.45) is 5.92 Å². The van der Waals surface area contributed by atoms with Gasteiger partial charge in [0.05, 0.1) is 33.0 Å². The average molecular weight is 348 g/mol. The van der Waals surface area contributed by atoms with Crippen LogP contribution in [0, 0.1) is 5.92 Å². The highest BCUT2D eigenvalue weighted by Crippen LogP contribution is 2.32. The fourth-order valence-corrected chi connectivity index (χ4v) is 3.89. The second-order valence-corrected chi connectivity index (χ2v) is 6.90. The van der Waals surface area contributed by atoms with E-state index in [9.17, 15) is 9.90 Å². The summed E-state index contributed by atoms with van der Waals surface area (Å²) in [5.41, 5.74) is 1.01. The zero-order valence-electron chi connectivity index (χ0n) is 14.8. The van der Waals surface area contributed by atoms with Gasteiger partial charge < -0.3 is 19.9 Å². The number of rotatable bonds is 6. The third-order valence-electron chi connectivity index (χ3n) is 5.28. The van der Waals surface area contributed by atoms with Crippen LogP contribution >= 0.6 is 0 Å². The summed E-state index contributed by atoms with van der Waals surface area (Å²) in [5, 5.41) is 13.2. The lowest BCUT2D eigenvalue weighted by Crippen LogP contribution is -2.53. The summed E-state index contributed by atoms with van der Waals surface area (Å²) in [6, 6.07) is 7.83. The topological polar surface area (TPSA) is 71.0 Å². The highest BCUT2D eigenvalue weighted by Gasteiger charge is 2.38. The number of morpholine rings is 1. The van der Waals surface area contributed by atoms with Gasteiger partial charge in [0.25, 0.3) is 0 Å². The zero-order valence-corrected chi connectivity index (χ0v) is 14.8. The molecule has 2 aliphatic rings. The minimum Gasteiger partial charge on any atom is -0.497 e. The lowest BCUT2D eigenvalue weighted by Gasteiger charge is -2.39. The van der Waals surface area contributed by atoms with Crippen LogP contribution in [0.25, 0.3) is 0 Å². The van der Waals surface area contributed by atoms with Gasteiger partial charge >= 0.3 is 0 Å². The molecule has 0 aromatic heterocycles. The molecular weight excluding hydrogens is 320 g/mol. The molecule has 1 saturated heterocycles. The van der Waals surface area contributed by atoms with Crippen LogP contribution in [0.15, 0.2) is 24.3 Å². The number of aliphatic hydroxyl groups excluding tert-OH is 1. The molecule has 138 valence electrons. The molecule has 1 amide bonds. The Morgan fingerprint density at radius 1 is 1.44 bits per heavy atom. The minimum atomic E-state index is -0.269. The van der Waals surface area contributed by atoms with Gasteiger partial charge in [0.1, 0.15) is 5.75 Å². The number of carbonyl (C=O) groups is 1. The summed E-state index contributed by atoms with van der Waals surface area (Å²) in [7, 11) is 1.63. The van der Waals surface area contributed by atoms with Gasteiger partial charge in [0, 0.05) is 25.0 Å². The van der Waals surface area contributed by atoms with Crippen molar-refractivity contribution in [3.8, 4) is 5.75 Å². The first kappa shape index (κ1) is 18.2. The first-order valence-corrected chi connectivity index (χ1v) is 9.07. The summed E-state index contributed by atoms with van der Waals surface area (Å²) in [6.45, 7) is 2.81. The Kier molecular flexibility index (Phi) is 6.29. The van der Waals surface area contributed by atoms with Gasteiger partial charge in [-0.05, 0) is 30.5 Å². The van der Waals surface area contributed by atoms with Crippen molar-refractivity contribution in [3.63, 3.8) is 0 Å². The van der Waals surface area contributed by atoms with Gasteiger partial charge in [-0.15, -0.1) is 0 Å². The van der Waals surface area contributed by atoms with E-state index in [1.165, 1.54) is 0 Å². The van der Waals surface area contributed by atoms with E-state index in [4.69, 9.17) is 9.47 Å². The highest BCUT2D eigenvalue weighted by atomic mass is 16.5. The van der Waals surface area contributed by atoms with Gasteiger partial charge in [0.2, 0.25) is 5.91 Å². The Bertz CT molecular complexity index is 580. The van der Waals surface area contributed by atoms with E-state index in [1.807, 2.05) is 24.3 Å². The molecule has 0 radical (unpaired) electrons. The van der Waals surface area contributed by atoms with E-state index in [-0.39, 0.29) is 24.0 Å². The van der Waals surface area contributed by atoms with Crippen LogP contribution < -0.4 is 10.1 Å². The molecule has 1 aliphatic carbocycles. The molecular formula is C19H28N2O4. The monoisotopic (exact) mass is 348 g/mol. The summed E-state index contributed by atoms with van der Waals surface area (Å²) in [5.74, 6) is 1.00. The van der Waals surface area contributed by atoms with Crippen LogP contribution in [0.3, 0.4) is 0 Å². The van der Waals surface area contributed by atoms with Crippen molar-refractivity contribution in [2.75, 3.05) is 33.4 Å². The standard InChI is InChI=1S/C19H28N2O4/c1-24-15-5-2-4-14(10-15)11-20-19(23)12-21-8-9-25-13-17(21)16-6-3-7-18(16)22/h2,4-5,10,16-18,22H,3,6-9,11-13H2,1H3,(H,20,23)/t16-,17-,18-/m1/s1. The van der Waals surface area contributed by atoms with Crippen molar-refractivity contribution < 1.29 is 19.4 Å². The van der Waals surface area contributed by atoms with Crippen LogP contribution in [0.4, 0.5) is 0 Å². The lowest BCUT2D eigenvalue weighted by atomic mass is 9.94. The fourth-order valence-electron chi connectivity index (χ4n) is 3.89. The van der Waals surface area contributed by atoms with Gasteiger partial charge in [-0.1, -0.05) is 18.6 Å². The van der Waals surface area contributed by atoms with Crippen LogP contribution in [0.5, 0.6) is 5.75 Å². The molecule has 3 rings (SSSR count). The SMILES string of the molecule is COc1cccc(CNC(=O)CN2CCOC[C@@H]2[C@H]2CCC[C@H]2O)c1. The molecule has 6 nitrogen and oxygen atoms in total. The van der Waals surface area contributed by atoms with Crippen molar-refractivity contribution >= 4 is 5.91 Å². The average Bonchev–Trinajstić information content (AvgIpc) is 3.06. The number of hydrogen-bond acceptors (Lipinski definition) is 5. The Hall–Kier alpha value is -1.63. The molecule has 0 unspecified atom stereocenters.